The Morgan fingerprint density at radius 2 is 1.77 bits per heavy atom. The van der Waals surface area contributed by atoms with Crippen molar-refractivity contribution in [2.45, 2.75) is 32.7 Å². The molecular formula is C21H21N3O2. The zero-order chi connectivity index (χ0) is 18.1. The molecule has 1 N–H and O–H groups in total. The van der Waals surface area contributed by atoms with Gasteiger partial charge in [0.25, 0.3) is 5.91 Å². The Kier molecular flexibility index (Phi) is 4.29. The van der Waals surface area contributed by atoms with Gasteiger partial charge in [-0.05, 0) is 68.5 Å². The number of nitrogens with zero attached hydrogens (tertiary/aromatic N) is 2. The Hall–Kier alpha value is -2.95. The average molecular weight is 347 g/mol. The average Bonchev–Trinajstić information content (AvgIpc) is 3.40. The molecule has 3 aromatic rings. The molecule has 1 amide bonds. The number of aryl methyl sites for hydroxylation is 1. The fourth-order valence-electron chi connectivity index (χ4n) is 3.03. The van der Waals surface area contributed by atoms with Crippen molar-refractivity contribution >= 4 is 5.91 Å². The molecule has 5 heteroatoms. The molecule has 1 fully saturated rings. The van der Waals surface area contributed by atoms with Crippen molar-refractivity contribution in [2.24, 2.45) is 5.92 Å². The topological polar surface area (TPSA) is 68.0 Å². The summed E-state index contributed by atoms with van der Waals surface area (Å²) < 4.78 is 5.82. The van der Waals surface area contributed by atoms with Gasteiger partial charge in [-0.3, -0.25) is 4.79 Å². The lowest BCUT2D eigenvalue weighted by atomic mass is 10.1. The Labute approximate surface area is 152 Å². The largest absolute Gasteiger partial charge is 0.416 e. The van der Waals surface area contributed by atoms with E-state index in [2.05, 4.69) is 22.4 Å². The number of rotatable bonds is 5. The quantitative estimate of drug-likeness (QED) is 0.749. The van der Waals surface area contributed by atoms with Crippen LogP contribution in [-0.2, 0) is 0 Å². The Morgan fingerprint density at radius 1 is 1.08 bits per heavy atom. The molecule has 1 saturated carbocycles. The van der Waals surface area contributed by atoms with Crippen LogP contribution < -0.4 is 5.32 Å². The van der Waals surface area contributed by atoms with Gasteiger partial charge in [-0.15, -0.1) is 10.2 Å². The van der Waals surface area contributed by atoms with Crippen LogP contribution in [0, 0.1) is 12.8 Å². The van der Waals surface area contributed by atoms with Gasteiger partial charge in [0.05, 0.1) is 0 Å². The number of carbonyl (C=O) groups excluding carboxylic acids is 1. The monoisotopic (exact) mass is 347 g/mol. The molecule has 1 aliphatic rings. The molecule has 132 valence electrons. The van der Waals surface area contributed by atoms with Crippen molar-refractivity contribution in [1.82, 2.24) is 15.5 Å². The first-order valence-corrected chi connectivity index (χ1v) is 8.92. The predicted molar refractivity (Wildman–Crippen MR) is 99.6 cm³/mol. The van der Waals surface area contributed by atoms with Crippen LogP contribution in [0.4, 0.5) is 0 Å². The van der Waals surface area contributed by atoms with E-state index >= 15 is 0 Å². The summed E-state index contributed by atoms with van der Waals surface area (Å²) in [5, 5.41) is 11.4. The molecule has 0 radical (unpaired) electrons. The second kappa shape index (κ2) is 6.75. The highest BCUT2D eigenvalue weighted by Crippen LogP contribution is 2.32. The van der Waals surface area contributed by atoms with E-state index in [0.29, 0.717) is 23.3 Å². The van der Waals surface area contributed by atoms with E-state index in [1.54, 1.807) is 12.1 Å². The van der Waals surface area contributed by atoms with Gasteiger partial charge in [0.15, 0.2) is 0 Å². The minimum Gasteiger partial charge on any atom is -0.416 e. The highest BCUT2D eigenvalue weighted by atomic mass is 16.4. The zero-order valence-corrected chi connectivity index (χ0v) is 14.9. The molecule has 0 aliphatic heterocycles. The van der Waals surface area contributed by atoms with E-state index < -0.39 is 0 Å². The van der Waals surface area contributed by atoms with Crippen LogP contribution in [0.5, 0.6) is 0 Å². The van der Waals surface area contributed by atoms with Crippen LogP contribution >= 0.6 is 0 Å². The fraction of sp³-hybridized carbons (Fsp3) is 0.286. The summed E-state index contributed by atoms with van der Waals surface area (Å²) in [5.41, 5.74) is 3.44. The Morgan fingerprint density at radius 3 is 2.46 bits per heavy atom. The van der Waals surface area contributed by atoms with Crippen molar-refractivity contribution in [1.29, 1.82) is 0 Å². The van der Waals surface area contributed by atoms with Crippen LogP contribution in [0.3, 0.4) is 0 Å². The first-order valence-electron chi connectivity index (χ1n) is 8.92. The molecule has 2 aromatic carbocycles. The first-order chi connectivity index (χ1) is 12.6. The van der Waals surface area contributed by atoms with Crippen LogP contribution in [0.2, 0.25) is 0 Å². The van der Waals surface area contributed by atoms with E-state index in [1.807, 2.05) is 43.3 Å². The van der Waals surface area contributed by atoms with Crippen molar-refractivity contribution in [3.8, 4) is 22.9 Å². The summed E-state index contributed by atoms with van der Waals surface area (Å²) in [4.78, 5) is 12.3. The maximum Gasteiger partial charge on any atom is 0.251 e. The third-order valence-electron chi connectivity index (χ3n) is 4.88. The molecule has 1 unspecified atom stereocenters. The molecule has 1 aliphatic carbocycles. The maximum atomic E-state index is 12.3. The highest BCUT2D eigenvalue weighted by molar-refractivity contribution is 5.94. The number of nitrogens with one attached hydrogen (secondary N) is 1. The van der Waals surface area contributed by atoms with Gasteiger partial charge in [0.1, 0.15) is 0 Å². The third-order valence-corrected chi connectivity index (χ3v) is 4.88. The van der Waals surface area contributed by atoms with Gasteiger partial charge in [-0.1, -0.05) is 18.2 Å². The third kappa shape index (κ3) is 3.38. The number of aromatic nitrogens is 2. The molecule has 0 bridgehead atoms. The van der Waals surface area contributed by atoms with E-state index in [0.717, 1.165) is 16.7 Å². The highest BCUT2D eigenvalue weighted by Gasteiger charge is 2.29. The number of amides is 1. The molecule has 4 rings (SSSR count). The zero-order valence-electron chi connectivity index (χ0n) is 14.9. The molecule has 1 atom stereocenters. The summed E-state index contributed by atoms with van der Waals surface area (Å²) >= 11 is 0. The molecular weight excluding hydrogens is 326 g/mol. The first kappa shape index (κ1) is 16.5. The standard InChI is InChI=1S/C21H21N3O2/c1-13-5-3-4-6-18(13)21-24-23-20(26-21)17-11-9-16(10-12-17)19(25)22-14(2)15-7-8-15/h3-6,9-12,14-15H,7-8H2,1-2H3,(H,22,25). The molecule has 0 saturated heterocycles. The van der Waals surface area contributed by atoms with Gasteiger partial charge in [0.2, 0.25) is 11.8 Å². The summed E-state index contributed by atoms with van der Waals surface area (Å²) in [6.45, 7) is 4.07. The van der Waals surface area contributed by atoms with Crippen molar-refractivity contribution in [3.63, 3.8) is 0 Å². The minimum absolute atomic E-state index is 0.0397. The smallest absolute Gasteiger partial charge is 0.251 e. The second-order valence-corrected chi connectivity index (χ2v) is 6.90. The lowest BCUT2D eigenvalue weighted by molar-refractivity contribution is 0.0936. The molecule has 26 heavy (non-hydrogen) atoms. The molecule has 0 spiro atoms. The van der Waals surface area contributed by atoms with Gasteiger partial charge in [-0.2, -0.15) is 0 Å². The lowest BCUT2D eigenvalue weighted by Crippen LogP contribution is -2.33. The van der Waals surface area contributed by atoms with Crippen molar-refractivity contribution < 1.29 is 9.21 Å². The van der Waals surface area contributed by atoms with E-state index in [9.17, 15) is 4.79 Å². The van der Waals surface area contributed by atoms with Gasteiger partial charge in [0, 0.05) is 22.7 Å². The molecule has 1 heterocycles. The van der Waals surface area contributed by atoms with Crippen LogP contribution in [0.1, 0.15) is 35.7 Å². The summed E-state index contributed by atoms with van der Waals surface area (Å²) in [6.07, 6.45) is 2.42. The summed E-state index contributed by atoms with van der Waals surface area (Å²) in [6, 6.07) is 15.4. The SMILES string of the molecule is Cc1ccccc1-c1nnc(-c2ccc(C(=O)NC(C)C3CC3)cc2)o1. The van der Waals surface area contributed by atoms with E-state index in [1.165, 1.54) is 12.8 Å². The fourth-order valence-corrected chi connectivity index (χ4v) is 3.03. The number of hydrogen-bond acceptors (Lipinski definition) is 4. The van der Waals surface area contributed by atoms with Crippen molar-refractivity contribution in [2.75, 3.05) is 0 Å². The predicted octanol–water partition coefficient (Wildman–Crippen LogP) is 4.24. The summed E-state index contributed by atoms with van der Waals surface area (Å²) in [7, 11) is 0. The number of hydrogen-bond donors (Lipinski definition) is 1. The van der Waals surface area contributed by atoms with E-state index in [4.69, 9.17) is 4.42 Å². The van der Waals surface area contributed by atoms with Gasteiger partial charge < -0.3 is 9.73 Å². The van der Waals surface area contributed by atoms with E-state index in [-0.39, 0.29) is 11.9 Å². The van der Waals surface area contributed by atoms with Gasteiger partial charge >= 0.3 is 0 Å². The normalized spacial score (nSPS) is 14.8. The number of benzene rings is 2. The summed E-state index contributed by atoms with van der Waals surface area (Å²) in [5.74, 6) is 1.54. The Bertz CT molecular complexity index is 926. The van der Waals surface area contributed by atoms with Crippen molar-refractivity contribution in [3.05, 3.63) is 59.7 Å². The maximum absolute atomic E-state index is 12.3. The molecule has 1 aromatic heterocycles. The molecule has 5 nitrogen and oxygen atoms in total. The lowest BCUT2D eigenvalue weighted by Gasteiger charge is -2.12. The minimum atomic E-state index is -0.0397. The Balaban J connectivity index is 1.50. The second-order valence-electron chi connectivity index (χ2n) is 6.90. The van der Waals surface area contributed by atoms with Crippen LogP contribution in [-0.4, -0.2) is 22.1 Å². The van der Waals surface area contributed by atoms with Gasteiger partial charge in [-0.25, -0.2) is 0 Å². The number of carbonyl (C=O) groups is 1. The van der Waals surface area contributed by atoms with Crippen LogP contribution in [0.25, 0.3) is 22.9 Å². The van der Waals surface area contributed by atoms with Crippen LogP contribution in [0.15, 0.2) is 52.9 Å².